The fourth-order valence-corrected chi connectivity index (χ4v) is 2.65. The highest BCUT2D eigenvalue weighted by molar-refractivity contribution is 5.76. The Balaban J connectivity index is 1.54. The largest absolute Gasteiger partial charge is 0.481 e. The predicted octanol–water partition coefficient (Wildman–Crippen LogP) is -0.390. The van der Waals surface area contributed by atoms with E-state index in [1.165, 1.54) is 0 Å². The van der Waals surface area contributed by atoms with E-state index in [0.717, 1.165) is 39.1 Å². The lowest BCUT2D eigenvalue weighted by molar-refractivity contribution is -0.140. The smallest absolute Gasteiger partial charge is 0.315 e. The minimum absolute atomic E-state index is 0.181. The van der Waals surface area contributed by atoms with E-state index < -0.39 is 11.9 Å². The van der Waals surface area contributed by atoms with Gasteiger partial charge in [0, 0.05) is 32.7 Å². The van der Waals surface area contributed by atoms with Crippen molar-refractivity contribution in [2.45, 2.75) is 18.9 Å². The first-order valence-electron chi connectivity index (χ1n) is 7.54. The maximum Gasteiger partial charge on any atom is 0.315 e. The molecular formula is C14H24N4O3. The van der Waals surface area contributed by atoms with Crippen LogP contribution in [0.1, 0.15) is 12.8 Å². The molecule has 0 radical (unpaired) electrons. The van der Waals surface area contributed by atoms with E-state index in [1.807, 2.05) is 0 Å². The van der Waals surface area contributed by atoms with Crippen LogP contribution < -0.4 is 16.0 Å². The Bertz CT molecular complexity index is 394. The predicted molar refractivity (Wildman–Crippen MR) is 79.1 cm³/mol. The summed E-state index contributed by atoms with van der Waals surface area (Å²) in [6.45, 7) is 5.82. The van der Waals surface area contributed by atoms with Gasteiger partial charge in [-0.15, -0.1) is 0 Å². The van der Waals surface area contributed by atoms with Crippen molar-refractivity contribution in [2.24, 2.45) is 5.92 Å². The Morgan fingerprint density at radius 3 is 2.71 bits per heavy atom. The molecule has 7 nitrogen and oxygen atoms in total. The molecule has 2 aliphatic rings. The van der Waals surface area contributed by atoms with Crippen LogP contribution in [0.2, 0.25) is 0 Å². The summed E-state index contributed by atoms with van der Waals surface area (Å²) in [5.74, 6) is -1.32. The van der Waals surface area contributed by atoms with Gasteiger partial charge in [0.1, 0.15) is 0 Å². The van der Waals surface area contributed by atoms with Crippen LogP contribution in [-0.2, 0) is 4.79 Å². The van der Waals surface area contributed by atoms with Crippen molar-refractivity contribution in [3.8, 4) is 0 Å². The molecule has 0 aromatic carbocycles. The maximum absolute atomic E-state index is 11.7. The van der Waals surface area contributed by atoms with E-state index in [9.17, 15) is 9.59 Å². The summed E-state index contributed by atoms with van der Waals surface area (Å²) < 4.78 is 0. The van der Waals surface area contributed by atoms with Crippen molar-refractivity contribution in [2.75, 3.05) is 39.3 Å². The molecule has 21 heavy (non-hydrogen) atoms. The zero-order valence-corrected chi connectivity index (χ0v) is 12.2. The molecule has 0 aromatic rings. The van der Waals surface area contributed by atoms with Gasteiger partial charge in [-0.1, -0.05) is 12.2 Å². The van der Waals surface area contributed by atoms with Gasteiger partial charge in [0.15, 0.2) is 0 Å². The molecule has 0 spiro atoms. The van der Waals surface area contributed by atoms with E-state index in [1.54, 1.807) is 12.2 Å². The lowest BCUT2D eigenvalue weighted by Crippen LogP contribution is -2.45. The van der Waals surface area contributed by atoms with Gasteiger partial charge >= 0.3 is 12.0 Å². The van der Waals surface area contributed by atoms with E-state index >= 15 is 0 Å². The number of amides is 2. The third-order valence-electron chi connectivity index (χ3n) is 3.86. The summed E-state index contributed by atoms with van der Waals surface area (Å²) in [6.07, 6.45) is 4.74. The van der Waals surface area contributed by atoms with Gasteiger partial charge in [-0.3, -0.25) is 4.79 Å². The summed E-state index contributed by atoms with van der Waals surface area (Å²) in [4.78, 5) is 24.9. The fraction of sp³-hybridized carbons (Fsp3) is 0.714. The molecule has 1 saturated heterocycles. The molecular weight excluding hydrogens is 272 g/mol. The van der Waals surface area contributed by atoms with Crippen LogP contribution in [0, 0.1) is 5.92 Å². The topological polar surface area (TPSA) is 93.7 Å². The van der Waals surface area contributed by atoms with Crippen LogP contribution >= 0.6 is 0 Å². The van der Waals surface area contributed by atoms with Gasteiger partial charge in [-0.05, 0) is 19.4 Å². The Hall–Kier alpha value is -1.60. The number of hydrogen-bond donors (Lipinski definition) is 4. The third kappa shape index (κ3) is 5.35. The average Bonchev–Trinajstić information content (AvgIpc) is 2.93. The SMILES string of the molecule is O=C(NCCCN1CCNCC1)NC1C=CC(C(=O)O)C1. The molecule has 0 saturated carbocycles. The zero-order chi connectivity index (χ0) is 15.1. The Morgan fingerprint density at radius 2 is 2.05 bits per heavy atom. The number of nitrogens with one attached hydrogen (secondary N) is 3. The second-order valence-electron chi connectivity index (χ2n) is 5.52. The van der Waals surface area contributed by atoms with Gasteiger partial charge < -0.3 is 26.0 Å². The third-order valence-corrected chi connectivity index (χ3v) is 3.86. The highest BCUT2D eigenvalue weighted by Gasteiger charge is 2.25. The quantitative estimate of drug-likeness (QED) is 0.396. The molecule has 0 bridgehead atoms. The van der Waals surface area contributed by atoms with Crippen molar-refractivity contribution in [1.82, 2.24) is 20.9 Å². The van der Waals surface area contributed by atoms with E-state index in [4.69, 9.17) is 5.11 Å². The van der Waals surface area contributed by atoms with Crippen LogP contribution in [0.4, 0.5) is 4.79 Å². The average molecular weight is 296 g/mol. The van der Waals surface area contributed by atoms with Gasteiger partial charge in [-0.2, -0.15) is 0 Å². The molecule has 2 unspecified atom stereocenters. The lowest BCUT2D eigenvalue weighted by Gasteiger charge is -2.27. The number of carbonyl (C=O) groups is 2. The minimum atomic E-state index is -0.841. The number of hydrogen-bond acceptors (Lipinski definition) is 4. The summed E-state index contributed by atoms with van der Waals surface area (Å²) in [5.41, 5.74) is 0. The first-order valence-corrected chi connectivity index (χ1v) is 7.54. The first-order chi connectivity index (χ1) is 10.1. The molecule has 1 aliphatic heterocycles. The van der Waals surface area contributed by atoms with E-state index in [0.29, 0.717) is 13.0 Å². The molecule has 1 fully saturated rings. The van der Waals surface area contributed by atoms with Gasteiger partial charge in [0.25, 0.3) is 0 Å². The molecule has 7 heteroatoms. The van der Waals surface area contributed by atoms with Crippen molar-refractivity contribution in [3.05, 3.63) is 12.2 Å². The number of piperazine rings is 1. The van der Waals surface area contributed by atoms with Gasteiger partial charge in [0.2, 0.25) is 0 Å². The van der Waals surface area contributed by atoms with Crippen molar-refractivity contribution in [1.29, 1.82) is 0 Å². The highest BCUT2D eigenvalue weighted by Crippen LogP contribution is 2.17. The molecule has 1 aliphatic carbocycles. The van der Waals surface area contributed by atoms with Crippen LogP contribution in [0.25, 0.3) is 0 Å². The van der Waals surface area contributed by atoms with Crippen LogP contribution in [0.15, 0.2) is 12.2 Å². The monoisotopic (exact) mass is 296 g/mol. The van der Waals surface area contributed by atoms with Crippen LogP contribution in [0.3, 0.4) is 0 Å². The van der Waals surface area contributed by atoms with Crippen LogP contribution in [-0.4, -0.2) is 67.3 Å². The number of urea groups is 1. The second kappa shape index (κ2) is 7.99. The summed E-state index contributed by atoms with van der Waals surface area (Å²) in [7, 11) is 0. The number of carboxylic acids is 1. The zero-order valence-electron chi connectivity index (χ0n) is 12.2. The number of rotatable bonds is 6. The Labute approximate surface area is 124 Å². The van der Waals surface area contributed by atoms with Crippen molar-refractivity contribution >= 4 is 12.0 Å². The number of carbonyl (C=O) groups excluding carboxylic acids is 1. The van der Waals surface area contributed by atoms with Crippen LogP contribution in [0.5, 0.6) is 0 Å². The van der Waals surface area contributed by atoms with Gasteiger partial charge in [0.05, 0.1) is 12.0 Å². The number of aliphatic carboxylic acids is 1. The lowest BCUT2D eigenvalue weighted by atomic mass is 10.1. The highest BCUT2D eigenvalue weighted by atomic mass is 16.4. The minimum Gasteiger partial charge on any atom is -0.481 e. The molecule has 2 amide bonds. The molecule has 2 rings (SSSR count). The van der Waals surface area contributed by atoms with E-state index in [2.05, 4.69) is 20.9 Å². The van der Waals surface area contributed by atoms with Gasteiger partial charge in [-0.25, -0.2) is 4.79 Å². The molecule has 118 valence electrons. The fourth-order valence-electron chi connectivity index (χ4n) is 2.65. The summed E-state index contributed by atoms with van der Waals surface area (Å²) in [5, 5.41) is 17.8. The van der Waals surface area contributed by atoms with Crippen molar-refractivity contribution in [3.63, 3.8) is 0 Å². The Morgan fingerprint density at radius 1 is 1.29 bits per heavy atom. The molecule has 2 atom stereocenters. The Kier molecular flexibility index (Phi) is 6.01. The number of nitrogens with zero attached hydrogens (tertiary/aromatic N) is 1. The summed E-state index contributed by atoms with van der Waals surface area (Å²) >= 11 is 0. The standard InChI is InChI=1S/C14H24N4O3/c19-13(20)11-2-3-12(10-11)17-14(21)16-4-1-7-18-8-5-15-6-9-18/h2-3,11-12,15H,1,4-10H2,(H,19,20)(H2,16,17,21). The molecule has 0 aromatic heterocycles. The second-order valence-corrected chi connectivity index (χ2v) is 5.52. The first kappa shape index (κ1) is 15.8. The normalized spacial score (nSPS) is 25.7. The molecule has 4 N–H and O–H groups in total. The maximum atomic E-state index is 11.7. The van der Waals surface area contributed by atoms with E-state index in [-0.39, 0.29) is 12.1 Å². The summed E-state index contributed by atoms with van der Waals surface area (Å²) in [6, 6.07) is -0.407. The number of carboxylic acid groups (broad SMARTS) is 1. The van der Waals surface area contributed by atoms with Crippen molar-refractivity contribution < 1.29 is 14.7 Å². The molecule has 1 heterocycles.